The van der Waals surface area contributed by atoms with Gasteiger partial charge in [-0.05, 0) is 36.4 Å². The smallest absolute Gasteiger partial charge is 0.322 e. The molecule has 0 unspecified atom stereocenters. The summed E-state index contributed by atoms with van der Waals surface area (Å²) in [4.78, 5) is 31.3. The molecule has 2 amide bonds. The van der Waals surface area contributed by atoms with Gasteiger partial charge in [-0.25, -0.2) is 4.98 Å². The maximum atomic E-state index is 12.1. The minimum atomic E-state index is -0.558. The van der Waals surface area contributed by atoms with Crippen molar-refractivity contribution in [3.63, 3.8) is 0 Å². The van der Waals surface area contributed by atoms with E-state index in [1.54, 1.807) is 48.5 Å². The van der Waals surface area contributed by atoms with Gasteiger partial charge in [0.2, 0.25) is 10.0 Å². The second-order valence-electron chi connectivity index (χ2n) is 4.94. The number of halogens is 1. The number of carbonyl (C=O) groups is 2. The van der Waals surface area contributed by atoms with Gasteiger partial charge in [0.15, 0.2) is 5.11 Å². The van der Waals surface area contributed by atoms with Crippen LogP contribution in [0.2, 0.25) is 4.34 Å². The van der Waals surface area contributed by atoms with Gasteiger partial charge >= 0.3 is 5.91 Å². The Morgan fingerprint density at radius 1 is 1.04 bits per heavy atom. The number of anilines is 1. The SMILES string of the molecule is O=C(N=[N+]=Nc1ncc(Cl)s1)c1ccc(NC(=O)c2ccccc2)cc1. The molecule has 2 aromatic carbocycles. The van der Waals surface area contributed by atoms with Gasteiger partial charge in [-0.3, -0.25) is 9.59 Å². The molecular formula is C17H11ClN5O2S+. The van der Waals surface area contributed by atoms with Crippen molar-refractivity contribution in [1.29, 1.82) is 0 Å². The third-order valence-corrected chi connectivity index (χ3v) is 4.16. The molecule has 26 heavy (non-hydrogen) atoms. The van der Waals surface area contributed by atoms with Gasteiger partial charge in [-0.15, -0.1) is 0 Å². The largest absolute Gasteiger partial charge is 0.360 e. The molecule has 0 spiro atoms. The number of thiazole rings is 1. The maximum absolute atomic E-state index is 12.1. The lowest BCUT2D eigenvalue weighted by Gasteiger charge is -2.05. The van der Waals surface area contributed by atoms with E-state index in [1.165, 1.54) is 6.20 Å². The first kappa shape index (κ1) is 17.6. The molecule has 0 saturated carbocycles. The van der Waals surface area contributed by atoms with Crippen LogP contribution in [0.1, 0.15) is 20.7 Å². The van der Waals surface area contributed by atoms with Crippen molar-refractivity contribution in [2.75, 3.05) is 5.32 Å². The van der Waals surface area contributed by atoms with Crippen molar-refractivity contribution >= 4 is 45.6 Å². The topological polar surface area (TPSA) is 97.9 Å². The summed E-state index contributed by atoms with van der Waals surface area (Å²) in [5.74, 6) is -0.789. The Bertz CT molecular complexity index is 996. The molecule has 1 heterocycles. The van der Waals surface area contributed by atoms with Gasteiger partial charge in [0.1, 0.15) is 4.34 Å². The highest BCUT2D eigenvalue weighted by atomic mass is 35.5. The highest BCUT2D eigenvalue weighted by molar-refractivity contribution is 7.19. The average Bonchev–Trinajstić information content (AvgIpc) is 3.08. The van der Waals surface area contributed by atoms with Crippen LogP contribution in [0.15, 0.2) is 71.0 Å². The molecule has 0 saturated heterocycles. The van der Waals surface area contributed by atoms with Gasteiger partial charge in [0.25, 0.3) is 11.0 Å². The Hall–Kier alpha value is -3.19. The van der Waals surface area contributed by atoms with Crippen LogP contribution in [0.3, 0.4) is 0 Å². The summed E-state index contributed by atoms with van der Waals surface area (Å²) in [5.41, 5.74) is 1.43. The molecule has 0 aliphatic carbocycles. The zero-order valence-corrected chi connectivity index (χ0v) is 14.7. The zero-order chi connectivity index (χ0) is 18.4. The van der Waals surface area contributed by atoms with Crippen molar-refractivity contribution in [2.24, 2.45) is 10.2 Å². The molecule has 1 aromatic heterocycles. The van der Waals surface area contributed by atoms with E-state index in [0.29, 0.717) is 26.3 Å². The molecule has 128 valence electrons. The number of aromatic nitrogens is 1. The molecule has 0 bridgehead atoms. The molecule has 0 aliphatic rings. The van der Waals surface area contributed by atoms with Crippen molar-refractivity contribution in [3.05, 3.63) is 76.3 Å². The van der Waals surface area contributed by atoms with E-state index in [9.17, 15) is 9.59 Å². The highest BCUT2D eigenvalue weighted by Crippen LogP contribution is 2.24. The van der Waals surface area contributed by atoms with E-state index in [-0.39, 0.29) is 5.91 Å². The van der Waals surface area contributed by atoms with Crippen molar-refractivity contribution in [1.82, 2.24) is 9.90 Å². The van der Waals surface area contributed by atoms with E-state index < -0.39 is 5.91 Å². The third kappa shape index (κ3) is 4.67. The van der Waals surface area contributed by atoms with E-state index in [0.717, 1.165) is 11.3 Å². The van der Waals surface area contributed by atoms with E-state index in [4.69, 9.17) is 11.6 Å². The average molecular weight is 385 g/mol. The predicted octanol–water partition coefficient (Wildman–Crippen LogP) is 4.49. The molecule has 7 nitrogen and oxygen atoms in total. The van der Waals surface area contributed by atoms with Crippen LogP contribution in [-0.2, 0) is 0 Å². The number of hydrogen-bond donors (Lipinski definition) is 1. The monoisotopic (exact) mass is 384 g/mol. The second kappa shape index (κ2) is 8.26. The lowest BCUT2D eigenvalue weighted by atomic mass is 10.2. The number of benzene rings is 2. The molecular weight excluding hydrogens is 374 g/mol. The summed E-state index contributed by atoms with van der Waals surface area (Å²) in [5, 5.41) is 10.2. The van der Waals surface area contributed by atoms with Crippen molar-refractivity contribution in [3.8, 4) is 0 Å². The molecule has 0 aliphatic heterocycles. The molecule has 0 fully saturated rings. The van der Waals surface area contributed by atoms with Gasteiger partial charge in [0.05, 0.1) is 6.20 Å². The molecule has 9 heteroatoms. The highest BCUT2D eigenvalue weighted by Gasteiger charge is 2.11. The minimum Gasteiger partial charge on any atom is -0.322 e. The van der Waals surface area contributed by atoms with E-state index in [1.807, 2.05) is 6.07 Å². The molecule has 0 radical (unpaired) electrons. The number of nitrogens with one attached hydrogen (secondary N) is 1. The first-order chi connectivity index (χ1) is 12.6. The normalized spacial score (nSPS) is 9.88. The van der Waals surface area contributed by atoms with Gasteiger partial charge in [-0.2, -0.15) is 0 Å². The van der Waals surface area contributed by atoms with E-state index >= 15 is 0 Å². The first-order valence-electron chi connectivity index (χ1n) is 7.36. The summed E-state index contributed by atoms with van der Waals surface area (Å²) in [6, 6.07) is 15.1. The van der Waals surface area contributed by atoms with E-state index in [2.05, 4.69) is 25.4 Å². The molecule has 3 aromatic rings. The van der Waals surface area contributed by atoms with Crippen LogP contribution in [0.25, 0.3) is 0 Å². The van der Waals surface area contributed by atoms with Crippen LogP contribution in [-0.4, -0.2) is 16.8 Å². The third-order valence-electron chi connectivity index (χ3n) is 3.16. The van der Waals surface area contributed by atoms with Crippen LogP contribution < -0.4 is 10.2 Å². The fourth-order valence-electron chi connectivity index (χ4n) is 1.94. The Morgan fingerprint density at radius 3 is 2.42 bits per heavy atom. The summed E-state index contributed by atoms with van der Waals surface area (Å²) in [6.45, 7) is 0. The lowest BCUT2D eigenvalue weighted by molar-refractivity contribution is 0.0991. The number of nitrogens with zero attached hydrogens (tertiary/aromatic N) is 4. The Morgan fingerprint density at radius 2 is 1.77 bits per heavy atom. The van der Waals surface area contributed by atoms with Crippen LogP contribution >= 0.6 is 22.9 Å². The molecule has 0 atom stereocenters. The summed E-state index contributed by atoms with van der Waals surface area (Å²) < 4.78 is 0.471. The summed E-state index contributed by atoms with van der Waals surface area (Å²) in [6.07, 6.45) is 1.44. The lowest BCUT2D eigenvalue weighted by Crippen LogP contribution is -2.11. The van der Waals surface area contributed by atoms with Gasteiger partial charge < -0.3 is 5.32 Å². The van der Waals surface area contributed by atoms with Crippen LogP contribution in [0.5, 0.6) is 0 Å². The zero-order valence-electron chi connectivity index (χ0n) is 13.2. The molecule has 1 N–H and O–H groups in total. The Kier molecular flexibility index (Phi) is 5.60. The number of hydrogen-bond acceptors (Lipinski definition) is 5. The number of amides is 2. The predicted molar refractivity (Wildman–Crippen MR) is 98.9 cm³/mol. The first-order valence-corrected chi connectivity index (χ1v) is 8.55. The summed E-state index contributed by atoms with van der Waals surface area (Å²) in [7, 11) is 0. The van der Waals surface area contributed by atoms with Crippen molar-refractivity contribution < 1.29 is 9.59 Å². The Balaban J connectivity index is 1.64. The molecule has 3 rings (SSSR count). The number of carbonyl (C=O) groups excluding carboxylic acids is 2. The number of rotatable bonds is 4. The summed E-state index contributed by atoms with van der Waals surface area (Å²) >= 11 is 6.84. The second-order valence-corrected chi connectivity index (χ2v) is 6.58. The quantitative estimate of drug-likeness (QED) is 0.529. The Labute approximate surface area is 157 Å². The minimum absolute atomic E-state index is 0.231. The van der Waals surface area contributed by atoms with Crippen LogP contribution in [0, 0.1) is 0 Å². The fraction of sp³-hybridized carbons (Fsp3) is 0. The van der Waals surface area contributed by atoms with Gasteiger partial charge in [-0.1, -0.05) is 41.1 Å². The van der Waals surface area contributed by atoms with Crippen molar-refractivity contribution in [2.45, 2.75) is 0 Å². The maximum Gasteiger partial charge on any atom is 0.360 e. The van der Waals surface area contributed by atoms with Crippen LogP contribution in [0.4, 0.5) is 10.8 Å². The van der Waals surface area contributed by atoms with Gasteiger partial charge in [0, 0.05) is 16.8 Å². The standard InChI is InChI=1S/C17H10ClN5O2S/c18-14-10-19-17(26-14)22-23-21-16(25)12-6-8-13(9-7-12)20-15(24)11-4-2-1-3-5-11/h1-10H/p+1. The fourth-order valence-corrected chi connectivity index (χ4v) is 2.66.